The molecular formula is C16H23N3S. The number of aromatic nitrogens is 2. The molecular weight excluding hydrogens is 266 g/mol. The molecule has 1 saturated carbocycles. The molecule has 0 bridgehead atoms. The molecule has 3 rings (SSSR count). The van der Waals surface area contributed by atoms with Crippen molar-refractivity contribution in [2.24, 2.45) is 5.92 Å². The summed E-state index contributed by atoms with van der Waals surface area (Å²) in [5.74, 6) is 1.92. The maximum absolute atomic E-state index is 4.51. The van der Waals surface area contributed by atoms with Crippen molar-refractivity contribution in [1.29, 1.82) is 0 Å². The quantitative estimate of drug-likeness (QED) is 0.890. The molecule has 0 radical (unpaired) electrons. The Hall–Kier alpha value is -1.16. The van der Waals surface area contributed by atoms with Gasteiger partial charge in [0, 0.05) is 10.9 Å². The number of hydrogen-bond acceptors (Lipinski definition) is 4. The number of fused-ring (bicyclic) bond motifs is 1. The molecule has 2 aromatic rings. The summed E-state index contributed by atoms with van der Waals surface area (Å²) >= 11 is 1.77. The van der Waals surface area contributed by atoms with Gasteiger partial charge >= 0.3 is 0 Å². The Morgan fingerprint density at radius 1 is 1.30 bits per heavy atom. The van der Waals surface area contributed by atoms with Crippen LogP contribution in [0.1, 0.15) is 49.5 Å². The Balaban J connectivity index is 1.87. The van der Waals surface area contributed by atoms with Crippen molar-refractivity contribution in [3.05, 3.63) is 16.8 Å². The van der Waals surface area contributed by atoms with E-state index in [9.17, 15) is 0 Å². The summed E-state index contributed by atoms with van der Waals surface area (Å²) in [6, 6.07) is 0.575. The molecule has 0 amide bonds. The third-order valence-corrected chi connectivity index (χ3v) is 5.78. The predicted octanol–water partition coefficient (Wildman–Crippen LogP) is 4.69. The highest BCUT2D eigenvalue weighted by Gasteiger charge is 2.22. The molecule has 1 N–H and O–H groups in total. The second kappa shape index (κ2) is 5.68. The van der Waals surface area contributed by atoms with E-state index in [0.717, 1.165) is 16.6 Å². The molecule has 0 aromatic carbocycles. The molecule has 1 fully saturated rings. The smallest absolute Gasteiger partial charge is 0.138 e. The van der Waals surface area contributed by atoms with Crippen molar-refractivity contribution < 1.29 is 0 Å². The fourth-order valence-corrected chi connectivity index (χ4v) is 4.27. The van der Waals surface area contributed by atoms with E-state index >= 15 is 0 Å². The summed E-state index contributed by atoms with van der Waals surface area (Å²) in [7, 11) is 0. The molecule has 2 heterocycles. The van der Waals surface area contributed by atoms with E-state index in [0.29, 0.717) is 6.04 Å². The summed E-state index contributed by atoms with van der Waals surface area (Å²) in [6.45, 7) is 6.65. The molecule has 2 aromatic heterocycles. The molecule has 4 heteroatoms. The topological polar surface area (TPSA) is 37.8 Å². The van der Waals surface area contributed by atoms with E-state index < -0.39 is 0 Å². The molecule has 3 nitrogen and oxygen atoms in total. The van der Waals surface area contributed by atoms with Gasteiger partial charge in [-0.25, -0.2) is 9.97 Å². The Labute approximate surface area is 124 Å². The number of nitrogens with one attached hydrogen (secondary N) is 1. The van der Waals surface area contributed by atoms with Gasteiger partial charge in [0.1, 0.15) is 17.0 Å². The first-order valence-corrected chi connectivity index (χ1v) is 8.48. The lowest BCUT2D eigenvalue weighted by Crippen LogP contribution is -2.27. The second-order valence-electron chi connectivity index (χ2n) is 5.97. The Bertz CT molecular complexity index is 605. The van der Waals surface area contributed by atoms with Crippen molar-refractivity contribution in [2.75, 3.05) is 5.32 Å². The van der Waals surface area contributed by atoms with Gasteiger partial charge in [-0.05, 0) is 38.2 Å². The standard InChI is InChI=1S/C16H23N3S/c1-4-12-6-5-7-13(8-12)19-15-14-10(2)11(3)20-16(14)18-9-17-15/h9,12-13H,4-8H2,1-3H3,(H,17,18,19). The Morgan fingerprint density at radius 3 is 2.95 bits per heavy atom. The number of thiophene rings is 1. The van der Waals surface area contributed by atoms with Crippen molar-refractivity contribution >= 4 is 27.4 Å². The van der Waals surface area contributed by atoms with Crippen LogP contribution in [-0.4, -0.2) is 16.0 Å². The van der Waals surface area contributed by atoms with E-state index in [4.69, 9.17) is 0 Å². The first-order chi connectivity index (χ1) is 9.69. The number of nitrogens with zero attached hydrogens (tertiary/aromatic N) is 2. The van der Waals surface area contributed by atoms with Crippen LogP contribution in [0.3, 0.4) is 0 Å². The Morgan fingerprint density at radius 2 is 2.15 bits per heavy atom. The van der Waals surface area contributed by atoms with Crippen LogP contribution in [0.25, 0.3) is 10.2 Å². The van der Waals surface area contributed by atoms with Crippen LogP contribution in [-0.2, 0) is 0 Å². The van der Waals surface area contributed by atoms with Crippen molar-refractivity contribution in [3.63, 3.8) is 0 Å². The minimum Gasteiger partial charge on any atom is -0.367 e. The van der Waals surface area contributed by atoms with E-state index in [1.54, 1.807) is 17.7 Å². The first-order valence-electron chi connectivity index (χ1n) is 7.66. The SMILES string of the molecule is CCC1CCCC(Nc2ncnc3sc(C)c(C)c23)C1. The Kier molecular flexibility index (Phi) is 3.92. The normalized spacial score (nSPS) is 23.1. The van der Waals surface area contributed by atoms with E-state index in [-0.39, 0.29) is 0 Å². The van der Waals surface area contributed by atoms with Gasteiger partial charge in [-0.1, -0.05) is 26.2 Å². The molecule has 0 spiro atoms. The van der Waals surface area contributed by atoms with Crippen LogP contribution in [0, 0.1) is 19.8 Å². The molecule has 2 unspecified atom stereocenters. The third kappa shape index (κ3) is 2.53. The average Bonchev–Trinajstić information content (AvgIpc) is 2.75. The highest BCUT2D eigenvalue weighted by atomic mass is 32.1. The van der Waals surface area contributed by atoms with Crippen LogP contribution < -0.4 is 5.32 Å². The van der Waals surface area contributed by atoms with Crippen molar-refractivity contribution in [3.8, 4) is 0 Å². The lowest BCUT2D eigenvalue weighted by molar-refractivity contribution is 0.327. The van der Waals surface area contributed by atoms with Gasteiger partial charge in [0.2, 0.25) is 0 Å². The van der Waals surface area contributed by atoms with Crippen LogP contribution in [0.5, 0.6) is 0 Å². The highest BCUT2D eigenvalue weighted by molar-refractivity contribution is 7.18. The van der Waals surface area contributed by atoms with Gasteiger partial charge in [-0.2, -0.15) is 0 Å². The zero-order valence-corrected chi connectivity index (χ0v) is 13.4. The van der Waals surface area contributed by atoms with Gasteiger partial charge < -0.3 is 5.32 Å². The maximum Gasteiger partial charge on any atom is 0.138 e. The zero-order chi connectivity index (χ0) is 14.1. The molecule has 1 aliphatic rings. The summed E-state index contributed by atoms with van der Waals surface area (Å²) in [6.07, 6.45) is 8.28. The summed E-state index contributed by atoms with van der Waals surface area (Å²) in [5.41, 5.74) is 1.33. The van der Waals surface area contributed by atoms with Gasteiger partial charge in [0.25, 0.3) is 0 Å². The fourth-order valence-electron chi connectivity index (χ4n) is 3.28. The zero-order valence-electron chi connectivity index (χ0n) is 12.6. The predicted molar refractivity (Wildman–Crippen MR) is 86.5 cm³/mol. The summed E-state index contributed by atoms with van der Waals surface area (Å²) in [4.78, 5) is 11.4. The number of hydrogen-bond donors (Lipinski definition) is 1. The van der Waals surface area contributed by atoms with Crippen LogP contribution in [0.2, 0.25) is 0 Å². The van der Waals surface area contributed by atoms with Crippen LogP contribution in [0.15, 0.2) is 6.33 Å². The highest BCUT2D eigenvalue weighted by Crippen LogP contribution is 2.34. The number of aryl methyl sites for hydroxylation is 2. The minimum absolute atomic E-state index is 0.575. The van der Waals surface area contributed by atoms with Crippen LogP contribution in [0.4, 0.5) is 5.82 Å². The van der Waals surface area contributed by atoms with Gasteiger partial charge in [0.15, 0.2) is 0 Å². The lowest BCUT2D eigenvalue weighted by atomic mass is 9.84. The minimum atomic E-state index is 0.575. The average molecular weight is 289 g/mol. The number of rotatable bonds is 3. The fraction of sp³-hybridized carbons (Fsp3) is 0.625. The molecule has 1 aliphatic carbocycles. The van der Waals surface area contributed by atoms with Crippen molar-refractivity contribution in [2.45, 2.75) is 58.9 Å². The van der Waals surface area contributed by atoms with Crippen LogP contribution >= 0.6 is 11.3 Å². The number of anilines is 1. The van der Waals surface area contributed by atoms with Gasteiger partial charge in [0.05, 0.1) is 5.39 Å². The van der Waals surface area contributed by atoms with Crippen molar-refractivity contribution in [1.82, 2.24) is 9.97 Å². The molecule has 108 valence electrons. The summed E-state index contributed by atoms with van der Waals surface area (Å²) < 4.78 is 0. The monoisotopic (exact) mass is 289 g/mol. The van der Waals surface area contributed by atoms with E-state index in [1.807, 2.05) is 0 Å². The van der Waals surface area contributed by atoms with E-state index in [1.165, 1.54) is 47.9 Å². The second-order valence-corrected chi connectivity index (χ2v) is 7.17. The van der Waals surface area contributed by atoms with Gasteiger partial charge in [-0.3, -0.25) is 0 Å². The molecule has 0 aliphatic heterocycles. The first kappa shape index (κ1) is 13.8. The third-order valence-electron chi connectivity index (χ3n) is 4.67. The summed E-state index contributed by atoms with van der Waals surface area (Å²) in [5, 5.41) is 4.93. The lowest BCUT2D eigenvalue weighted by Gasteiger charge is -2.29. The molecule has 2 atom stereocenters. The maximum atomic E-state index is 4.51. The van der Waals surface area contributed by atoms with Gasteiger partial charge in [-0.15, -0.1) is 11.3 Å². The van der Waals surface area contributed by atoms with E-state index in [2.05, 4.69) is 36.1 Å². The molecule has 20 heavy (non-hydrogen) atoms. The largest absolute Gasteiger partial charge is 0.367 e. The molecule has 0 saturated heterocycles.